The second kappa shape index (κ2) is 8.73. The first-order valence-corrected chi connectivity index (χ1v) is 11.7. The van der Waals surface area contributed by atoms with Crippen molar-refractivity contribution in [2.75, 3.05) is 7.11 Å². The van der Waals surface area contributed by atoms with Crippen molar-refractivity contribution in [3.63, 3.8) is 0 Å². The van der Waals surface area contributed by atoms with Gasteiger partial charge in [-0.3, -0.25) is 9.59 Å². The van der Waals surface area contributed by atoms with E-state index < -0.39 is 17.7 Å². The largest absolute Gasteiger partial charge is 0.507 e. The van der Waals surface area contributed by atoms with Crippen LogP contribution in [-0.2, 0) is 15.0 Å². The SMILES string of the molecule is COc1ccc(C(C)(C)C)cc1/C(O)=C1\C(=O)C(=O)N(C2CCCCC2)C1c1ccc(C)o1. The van der Waals surface area contributed by atoms with Crippen molar-refractivity contribution in [2.24, 2.45) is 0 Å². The average molecular weight is 452 g/mol. The van der Waals surface area contributed by atoms with Crippen LogP contribution in [0.2, 0.25) is 0 Å². The first-order valence-electron chi connectivity index (χ1n) is 11.7. The molecule has 1 aromatic carbocycles. The zero-order chi connectivity index (χ0) is 23.9. The molecule has 0 bridgehead atoms. The van der Waals surface area contributed by atoms with Gasteiger partial charge in [0.15, 0.2) is 0 Å². The molecule has 1 aliphatic carbocycles. The van der Waals surface area contributed by atoms with Crippen LogP contribution in [0.5, 0.6) is 5.75 Å². The molecule has 0 radical (unpaired) electrons. The Labute approximate surface area is 195 Å². The number of rotatable bonds is 4. The molecule has 1 aromatic heterocycles. The number of amides is 1. The fourth-order valence-electron chi connectivity index (χ4n) is 4.97. The molecule has 1 amide bonds. The van der Waals surface area contributed by atoms with Gasteiger partial charge in [-0.1, -0.05) is 46.1 Å². The van der Waals surface area contributed by atoms with E-state index in [9.17, 15) is 14.7 Å². The lowest BCUT2D eigenvalue weighted by Gasteiger charge is -2.34. The number of aryl methyl sites for hydroxylation is 1. The third-order valence-corrected chi connectivity index (χ3v) is 6.80. The Balaban J connectivity index is 1.92. The van der Waals surface area contributed by atoms with Crippen molar-refractivity contribution in [1.82, 2.24) is 4.90 Å². The zero-order valence-electron chi connectivity index (χ0n) is 20.1. The number of hydrogen-bond donors (Lipinski definition) is 1. The van der Waals surface area contributed by atoms with Gasteiger partial charge in [0.05, 0.1) is 18.2 Å². The summed E-state index contributed by atoms with van der Waals surface area (Å²) in [6.45, 7) is 8.05. The van der Waals surface area contributed by atoms with Crippen LogP contribution < -0.4 is 4.74 Å². The number of likely N-dealkylation sites (tertiary alicyclic amines) is 1. The summed E-state index contributed by atoms with van der Waals surface area (Å²) in [7, 11) is 1.52. The molecule has 6 heteroatoms. The summed E-state index contributed by atoms with van der Waals surface area (Å²) in [5, 5.41) is 11.5. The maximum Gasteiger partial charge on any atom is 0.296 e. The standard InChI is InChI=1S/C27H33NO5/c1-16-11-13-21(33-16)23-22(25(30)26(31)28(23)18-9-7-6-8-10-18)24(29)19-15-17(27(2,3)4)12-14-20(19)32-5/h11-15,18,23,29H,6-10H2,1-5H3/b24-22+. The number of methoxy groups -OCH3 is 1. The second-order valence-electron chi connectivity index (χ2n) is 10.1. The van der Waals surface area contributed by atoms with Gasteiger partial charge in [0.1, 0.15) is 29.1 Å². The van der Waals surface area contributed by atoms with Crippen molar-refractivity contribution in [2.45, 2.75) is 77.3 Å². The second-order valence-corrected chi connectivity index (χ2v) is 10.1. The highest BCUT2D eigenvalue weighted by Crippen LogP contribution is 2.45. The topological polar surface area (TPSA) is 80.0 Å². The van der Waals surface area contributed by atoms with Crippen LogP contribution in [0.1, 0.15) is 81.6 Å². The Hall–Kier alpha value is -3.02. The van der Waals surface area contributed by atoms with Crippen molar-refractivity contribution in [1.29, 1.82) is 0 Å². The van der Waals surface area contributed by atoms with Gasteiger partial charge in [-0.2, -0.15) is 0 Å². The van der Waals surface area contributed by atoms with Gasteiger partial charge in [0, 0.05) is 6.04 Å². The molecule has 6 nitrogen and oxygen atoms in total. The molecule has 33 heavy (non-hydrogen) atoms. The highest BCUT2D eigenvalue weighted by Gasteiger charge is 2.50. The lowest BCUT2D eigenvalue weighted by Crippen LogP contribution is -2.40. The molecular formula is C27H33NO5. The van der Waals surface area contributed by atoms with Crippen molar-refractivity contribution < 1.29 is 23.8 Å². The Kier molecular flexibility index (Phi) is 6.12. The monoisotopic (exact) mass is 451 g/mol. The summed E-state index contributed by atoms with van der Waals surface area (Å²) < 4.78 is 11.4. The molecule has 4 rings (SSSR count). The predicted molar refractivity (Wildman–Crippen MR) is 126 cm³/mol. The molecular weight excluding hydrogens is 418 g/mol. The Bertz CT molecular complexity index is 1100. The minimum atomic E-state index is -0.759. The number of Topliss-reactive ketones (excluding diaryl/α,β-unsaturated/α-hetero) is 1. The number of aliphatic hydroxyl groups excluding tert-OH is 1. The van der Waals surface area contributed by atoms with Crippen molar-refractivity contribution in [3.05, 3.63) is 58.6 Å². The Morgan fingerprint density at radius 3 is 2.36 bits per heavy atom. The Morgan fingerprint density at radius 2 is 1.79 bits per heavy atom. The normalized spacial score (nSPS) is 21.6. The van der Waals surface area contributed by atoms with E-state index in [1.807, 2.05) is 25.1 Å². The van der Waals surface area contributed by atoms with Gasteiger partial charge in [0.25, 0.3) is 11.7 Å². The highest BCUT2D eigenvalue weighted by molar-refractivity contribution is 6.46. The van der Waals surface area contributed by atoms with E-state index in [1.54, 1.807) is 17.0 Å². The summed E-state index contributed by atoms with van der Waals surface area (Å²) in [6.07, 6.45) is 4.83. The number of ether oxygens (including phenoxy) is 1. The molecule has 2 aromatic rings. The summed E-state index contributed by atoms with van der Waals surface area (Å²) in [5.74, 6) is 0.137. The van der Waals surface area contributed by atoms with Crippen LogP contribution in [0.3, 0.4) is 0 Å². The third kappa shape index (κ3) is 4.19. The smallest absolute Gasteiger partial charge is 0.296 e. The minimum Gasteiger partial charge on any atom is -0.507 e. The summed E-state index contributed by atoms with van der Waals surface area (Å²) >= 11 is 0. The van der Waals surface area contributed by atoms with E-state index in [1.165, 1.54) is 7.11 Å². The van der Waals surface area contributed by atoms with Crippen LogP contribution in [0.4, 0.5) is 0 Å². The number of carbonyl (C=O) groups is 2. The average Bonchev–Trinajstić information content (AvgIpc) is 3.33. The number of aliphatic hydroxyl groups is 1. The van der Waals surface area contributed by atoms with E-state index in [2.05, 4.69) is 20.8 Å². The fraction of sp³-hybridized carbons (Fsp3) is 0.481. The van der Waals surface area contributed by atoms with Crippen LogP contribution >= 0.6 is 0 Å². The molecule has 1 N–H and O–H groups in total. The maximum absolute atomic E-state index is 13.4. The van der Waals surface area contributed by atoms with Crippen LogP contribution in [0.15, 0.2) is 40.3 Å². The van der Waals surface area contributed by atoms with Crippen LogP contribution in [0, 0.1) is 6.92 Å². The van der Waals surface area contributed by atoms with Gasteiger partial charge in [-0.15, -0.1) is 0 Å². The summed E-state index contributed by atoms with van der Waals surface area (Å²) in [6, 6.07) is 8.37. The number of nitrogens with zero attached hydrogens (tertiary/aromatic N) is 1. The molecule has 2 fully saturated rings. The first-order chi connectivity index (χ1) is 15.6. The van der Waals surface area contributed by atoms with Gasteiger partial charge in [-0.25, -0.2) is 0 Å². The number of hydrogen-bond acceptors (Lipinski definition) is 5. The van der Waals surface area contributed by atoms with E-state index in [0.717, 1.165) is 37.7 Å². The van der Waals surface area contributed by atoms with Gasteiger partial charge in [-0.05, 0) is 55.0 Å². The van der Waals surface area contributed by atoms with Crippen LogP contribution in [0.25, 0.3) is 5.76 Å². The first kappa shape index (κ1) is 23.1. The molecule has 1 saturated heterocycles. The molecule has 2 aliphatic rings. The van der Waals surface area contributed by atoms with E-state index in [-0.39, 0.29) is 22.8 Å². The van der Waals surface area contributed by atoms with E-state index in [4.69, 9.17) is 9.15 Å². The third-order valence-electron chi connectivity index (χ3n) is 6.80. The zero-order valence-corrected chi connectivity index (χ0v) is 20.1. The minimum absolute atomic E-state index is 0.0567. The quantitative estimate of drug-likeness (QED) is 0.369. The molecule has 1 atom stereocenters. The lowest BCUT2D eigenvalue weighted by molar-refractivity contribution is -0.142. The van der Waals surface area contributed by atoms with Crippen molar-refractivity contribution in [3.8, 4) is 5.75 Å². The number of carbonyl (C=O) groups excluding carboxylic acids is 2. The Morgan fingerprint density at radius 1 is 1.09 bits per heavy atom. The molecule has 1 aliphatic heterocycles. The predicted octanol–water partition coefficient (Wildman–Crippen LogP) is 5.65. The maximum atomic E-state index is 13.4. The van der Waals surface area contributed by atoms with Gasteiger partial charge >= 0.3 is 0 Å². The molecule has 2 heterocycles. The number of furan rings is 1. The van der Waals surface area contributed by atoms with Crippen LogP contribution in [-0.4, -0.2) is 34.8 Å². The molecule has 1 saturated carbocycles. The highest BCUT2D eigenvalue weighted by atomic mass is 16.5. The van der Waals surface area contributed by atoms with Gasteiger partial charge in [0.2, 0.25) is 0 Å². The molecule has 176 valence electrons. The molecule has 0 spiro atoms. The summed E-state index contributed by atoms with van der Waals surface area (Å²) in [5.41, 5.74) is 1.27. The van der Waals surface area contributed by atoms with E-state index >= 15 is 0 Å². The van der Waals surface area contributed by atoms with Gasteiger partial charge < -0.3 is 19.2 Å². The number of benzene rings is 1. The lowest BCUT2D eigenvalue weighted by atomic mass is 9.85. The number of ketones is 1. The fourth-order valence-corrected chi connectivity index (χ4v) is 4.97. The summed E-state index contributed by atoms with van der Waals surface area (Å²) in [4.78, 5) is 28.3. The molecule has 1 unspecified atom stereocenters. The van der Waals surface area contributed by atoms with E-state index in [0.29, 0.717) is 22.8 Å². The van der Waals surface area contributed by atoms with Crippen molar-refractivity contribution >= 4 is 17.4 Å².